The van der Waals surface area contributed by atoms with Gasteiger partial charge in [0.15, 0.2) is 6.61 Å². The summed E-state index contributed by atoms with van der Waals surface area (Å²) in [4.78, 5) is 11.8. The smallest absolute Gasteiger partial charge is 0.341 e. The second-order valence-corrected chi connectivity index (χ2v) is 9.07. The minimum atomic E-state index is -1.01. The number of thioether (sulfide) groups is 1. The van der Waals surface area contributed by atoms with E-state index >= 15 is 0 Å². The Morgan fingerprint density at radius 3 is 2.06 bits per heavy atom. The number of ether oxygens (including phenoxy) is 3. The molecule has 1 N–H and O–H groups in total. The van der Waals surface area contributed by atoms with Gasteiger partial charge >= 0.3 is 5.97 Å². The van der Waals surface area contributed by atoms with Crippen molar-refractivity contribution < 1.29 is 24.1 Å². The van der Waals surface area contributed by atoms with Crippen LogP contribution < -0.4 is 14.2 Å². The zero-order chi connectivity index (χ0) is 24.3. The van der Waals surface area contributed by atoms with Crippen molar-refractivity contribution in [3.05, 3.63) is 88.4 Å². The monoisotopic (exact) mass is 542 g/mol. The van der Waals surface area contributed by atoms with Crippen molar-refractivity contribution in [3.8, 4) is 17.2 Å². The van der Waals surface area contributed by atoms with Gasteiger partial charge in [0.2, 0.25) is 0 Å². The molecule has 0 aromatic heterocycles. The molecule has 0 spiro atoms. The Kier molecular flexibility index (Phi) is 9.91. The number of aliphatic carboxylic acids is 1. The Labute approximate surface area is 212 Å². The molecular weight excluding hydrogens is 516 g/mol. The molecule has 0 fully saturated rings. The number of rotatable bonds is 12. The molecule has 0 aliphatic rings. The molecule has 5 nitrogen and oxygen atoms in total. The van der Waals surface area contributed by atoms with Crippen molar-refractivity contribution in [3.63, 3.8) is 0 Å². The highest BCUT2D eigenvalue weighted by atomic mass is 79.9. The predicted molar refractivity (Wildman–Crippen MR) is 140 cm³/mol. The van der Waals surface area contributed by atoms with E-state index in [4.69, 9.17) is 19.3 Å². The van der Waals surface area contributed by atoms with Crippen LogP contribution in [0.15, 0.2) is 82.2 Å². The normalized spacial score (nSPS) is 10.4. The highest BCUT2D eigenvalue weighted by Gasteiger charge is 2.09. The number of carboxylic acid groups (broad SMARTS) is 1. The third-order valence-electron chi connectivity index (χ3n) is 4.70. The molecule has 0 unspecified atom stereocenters. The van der Waals surface area contributed by atoms with E-state index in [0.29, 0.717) is 19.0 Å². The summed E-state index contributed by atoms with van der Waals surface area (Å²) in [5.41, 5.74) is 3.23. The minimum Gasteiger partial charge on any atom is -0.494 e. The number of halogens is 1. The topological polar surface area (TPSA) is 65.0 Å². The fourth-order valence-corrected chi connectivity index (χ4v) is 4.74. The molecule has 0 heterocycles. The summed E-state index contributed by atoms with van der Waals surface area (Å²) >= 11 is 5.14. The van der Waals surface area contributed by atoms with Gasteiger partial charge in [-0.2, -0.15) is 0 Å². The van der Waals surface area contributed by atoms with Crippen LogP contribution in [0.1, 0.15) is 25.0 Å². The first kappa shape index (κ1) is 25.7. The van der Waals surface area contributed by atoms with Gasteiger partial charge in [0.25, 0.3) is 0 Å². The number of benzene rings is 3. The van der Waals surface area contributed by atoms with Crippen molar-refractivity contribution in [2.24, 2.45) is 0 Å². The van der Waals surface area contributed by atoms with Crippen LogP contribution in [-0.2, 0) is 4.79 Å². The van der Waals surface area contributed by atoms with Crippen molar-refractivity contribution >= 4 is 39.2 Å². The van der Waals surface area contributed by atoms with Crippen molar-refractivity contribution in [1.29, 1.82) is 0 Å². The van der Waals surface area contributed by atoms with E-state index in [1.165, 1.54) is 0 Å². The van der Waals surface area contributed by atoms with Gasteiger partial charge in [-0.3, -0.25) is 0 Å². The van der Waals surface area contributed by atoms with Gasteiger partial charge in [-0.25, -0.2) is 4.79 Å². The Balaban J connectivity index is 1.84. The summed E-state index contributed by atoms with van der Waals surface area (Å²) in [6.07, 6.45) is 2.20. The summed E-state index contributed by atoms with van der Waals surface area (Å²) in [5.74, 6) is 1.89. The van der Waals surface area contributed by atoms with Gasteiger partial charge in [0.05, 0.1) is 17.7 Å². The lowest BCUT2D eigenvalue weighted by molar-refractivity contribution is -0.139. The maximum absolute atomic E-state index is 10.7. The molecule has 3 aromatic carbocycles. The van der Waals surface area contributed by atoms with E-state index in [9.17, 15) is 4.79 Å². The third-order valence-corrected chi connectivity index (χ3v) is 6.24. The van der Waals surface area contributed by atoms with Crippen LogP contribution in [0, 0.1) is 0 Å². The Hall–Kier alpha value is -2.90. The summed E-state index contributed by atoms with van der Waals surface area (Å²) < 4.78 is 17.4. The lowest BCUT2D eigenvalue weighted by atomic mass is 9.97. The average molecular weight is 543 g/mol. The second kappa shape index (κ2) is 13.1. The van der Waals surface area contributed by atoms with E-state index in [2.05, 4.69) is 46.3 Å². The maximum atomic E-state index is 10.7. The molecule has 178 valence electrons. The average Bonchev–Trinajstić information content (AvgIpc) is 2.82. The summed E-state index contributed by atoms with van der Waals surface area (Å²) in [6.45, 7) is 4.79. The van der Waals surface area contributed by atoms with Crippen molar-refractivity contribution in [2.75, 3.05) is 25.6 Å². The first-order chi connectivity index (χ1) is 16.5. The fourth-order valence-electron chi connectivity index (χ4n) is 3.29. The molecule has 0 radical (unpaired) electrons. The minimum absolute atomic E-state index is 0.376. The number of hydrogen-bond acceptors (Lipinski definition) is 5. The highest BCUT2D eigenvalue weighted by Crippen LogP contribution is 2.33. The van der Waals surface area contributed by atoms with Gasteiger partial charge < -0.3 is 19.3 Å². The van der Waals surface area contributed by atoms with Gasteiger partial charge in [-0.1, -0.05) is 30.3 Å². The van der Waals surface area contributed by atoms with Crippen LogP contribution in [0.25, 0.3) is 5.57 Å². The Bertz CT molecular complexity index is 1090. The number of hydrogen-bond donors (Lipinski definition) is 1. The quantitative estimate of drug-likeness (QED) is 0.250. The lowest BCUT2D eigenvalue weighted by Crippen LogP contribution is -2.09. The number of carboxylic acids is 1. The standard InChI is InChI=1S/C27H27BrO5S/c1-3-31-21-9-5-7-19(15-21)24(20-8-6-10-22(16-20)32-4-2)13-14-34-23-11-12-26(25(28)17-23)33-18-27(29)30/h5-13,15-17H,3-4,14,18H2,1-2H3,(H,29,30). The van der Waals surface area contributed by atoms with Crippen LogP contribution in [0.3, 0.4) is 0 Å². The van der Waals surface area contributed by atoms with Crippen molar-refractivity contribution in [2.45, 2.75) is 18.7 Å². The molecule has 3 aromatic rings. The first-order valence-corrected chi connectivity index (χ1v) is 12.7. The van der Waals surface area contributed by atoms with Gasteiger partial charge in [-0.15, -0.1) is 11.8 Å². The molecule has 0 saturated carbocycles. The molecule has 0 saturated heterocycles. The molecule has 0 aliphatic heterocycles. The highest BCUT2D eigenvalue weighted by molar-refractivity contribution is 9.10. The summed E-state index contributed by atoms with van der Waals surface area (Å²) in [7, 11) is 0. The fraction of sp³-hybridized carbons (Fsp3) is 0.222. The van der Waals surface area contributed by atoms with Gasteiger partial charge in [0.1, 0.15) is 17.2 Å². The molecule has 0 bridgehead atoms. The number of carbonyl (C=O) groups is 1. The third kappa shape index (κ3) is 7.57. The molecule has 7 heteroatoms. The van der Waals surface area contributed by atoms with E-state index in [0.717, 1.165) is 43.3 Å². The van der Waals surface area contributed by atoms with E-state index in [-0.39, 0.29) is 6.61 Å². The second-order valence-electron chi connectivity index (χ2n) is 7.13. The maximum Gasteiger partial charge on any atom is 0.341 e. The SMILES string of the molecule is CCOc1cccc(C(=CCSc2ccc(OCC(=O)O)c(Br)c2)c2cccc(OCC)c2)c1. The molecule has 34 heavy (non-hydrogen) atoms. The van der Waals surface area contributed by atoms with E-state index in [1.807, 2.05) is 50.2 Å². The zero-order valence-electron chi connectivity index (χ0n) is 19.1. The van der Waals surface area contributed by atoms with Crippen LogP contribution in [-0.4, -0.2) is 36.6 Å². The molecule has 0 amide bonds. The molecule has 3 rings (SSSR count). The Morgan fingerprint density at radius 1 is 0.912 bits per heavy atom. The molecular formula is C27H27BrO5S. The molecule has 0 aliphatic carbocycles. The largest absolute Gasteiger partial charge is 0.494 e. The molecule has 0 atom stereocenters. The van der Waals surface area contributed by atoms with Crippen LogP contribution in [0.2, 0.25) is 0 Å². The summed E-state index contributed by atoms with van der Waals surface area (Å²) in [5, 5.41) is 8.80. The lowest BCUT2D eigenvalue weighted by Gasteiger charge is -2.13. The van der Waals surface area contributed by atoms with E-state index in [1.54, 1.807) is 17.8 Å². The predicted octanol–water partition coefficient (Wildman–Crippen LogP) is 6.93. The van der Waals surface area contributed by atoms with Gasteiger partial charge in [-0.05, 0) is 88.9 Å². The summed E-state index contributed by atoms with van der Waals surface area (Å²) in [6, 6.07) is 21.8. The first-order valence-electron chi connectivity index (χ1n) is 10.9. The zero-order valence-corrected chi connectivity index (χ0v) is 21.5. The van der Waals surface area contributed by atoms with Crippen LogP contribution in [0.4, 0.5) is 0 Å². The van der Waals surface area contributed by atoms with Crippen molar-refractivity contribution in [1.82, 2.24) is 0 Å². The van der Waals surface area contributed by atoms with Gasteiger partial charge in [0, 0.05) is 10.6 Å². The van der Waals surface area contributed by atoms with Crippen LogP contribution in [0.5, 0.6) is 17.2 Å². The Morgan fingerprint density at radius 2 is 1.53 bits per heavy atom. The van der Waals surface area contributed by atoms with Crippen LogP contribution >= 0.6 is 27.7 Å². The van der Waals surface area contributed by atoms with E-state index < -0.39 is 5.97 Å².